The highest BCUT2D eigenvalue weighted by Gasteiger charge is 2.51. The van der Waals surface area contributed by atoms with E-state index in [1.807, 2.05) is 12.2 Å². The van der Waals surface area contributed by atoms with Gasteiger partial charge in [-0.3, -0.25) is 9.59 Å². The summed E-state index contributed by atoms with van der Waals surface area (Å²) < 4.78 is 0. The number of nitrogens with one attached hydrogen (secondary N) is 1. The molecule has 4 atom stereocenters. The number of carboxylic acids is 1. The predicted molar refractivity (Wildman–Crippen MR) is 58.6 cm³/mol. The highest BCUT2D eigenvalue weighted by Crippen LogP contribution is 2.48. The van der Waals surface area contributed by atoms with E-state index in [-0.39, 0.29) is 17.7 Å². The summed E-state index contributed by atoms with van der Waals surface area (Å²) in [5.74, 6) is -1.87. The molecular formula is C12H15NO3. The van der Waals surface area contributed by atoms with Crippen LogP contribution in [-0.4, -0.2) is 23.5 Å². The summed E-state index contributed by atoms with van der Waals surface area (Å²) in [7, 11) is 0. The third-order valence-corrected chi connectivity index (χ3v) is 3.47. The van der Waals surface area contributed by atoms with Crippen LogP contribution < -0.4 is 5.32 Å². The minimum Gasteiger partial charge on any atom is -0.481 e. The monoisotopic (exact) mass is 221 g/mol. The number of fused-ring (bicyclic) bond motifs is 2. The molecule has 0 unspecified atom stereocenters. The summed E-state index contributed by atoms with van der Waals surface area (Å²) in [6.45, 7) is 3.91. The van der Waals surface area contributed by atoms with Crippen molar-refractivity contribution >= 4 is 11.9 Å². The zero-order valence-electron chi connectivity index (χ0n) is 8.93. The lowest BCUT2D eigenvalue weighted by molar-refractivity contribution is -0.147. The van der Waals surface area contributed by atoms with Crippen LogP contribution in [0.4, 0.5) is 0 Å². The second-order valence-corrected chi connectivity index (χ2v) is 4.37. The van der Waals surface area contributed by atoms with Gasteiger partial charge in [0.05, 0.1) is 11.8 Å². The van der Waals surface area contributed by atoms with E-state index in [4.69, 9.17) is 5.11 Å². The van der Waals surface area contributed by atoms with Crippen molar-refractivity contribution in [1.82, 2.24) is 5.32 Å². The Morgan fingerprint density at radius 1 is 1.38 bits per heavy atom. The van der Waals surface area contributed by atoms with Gasteiger partial charge in [0.25, 0.3) is 0 Å². The Balaban J connectivity index is 2.13. The normalized spacial score (nSPS) is 35.0. The standard InChI is InChI=1S/C12H15NO3/c1-2-5-13-11(14)9-7-3-4-8(6-7)10(9)12(15)16/h2-4,7-10H,1,5-6H2,(H,13,14)(H,15,16)/t7-,8-,9-,10-/m1/s1. The van der Waals surface area contributed by atoms with Gasteiger partial charge in [-0.1, -0.05) is 18.2 Å². The number of rotatable bonds is 4. The molecule has 0 aliphatic heterocycles. The number of hydrogen-bond donors (Lipinski definition) is 2. The molecular weight excluding hydrogens is 206 g/mol. The molecule has 0 spiro atoms. The lowest BCUT2D eigenvalue weighted by Gasteiger charge is -2.23. The lowest BCUT2D eigenvalue weighted by Crippen LogP contribution is -2.40. The van der Waals surface area contributed by atoms with E-state index in [1.165, 1.54) is 0 Å². The van der Waals surface area contributed by atoms with E-state index < -0.39 is 17.8 Å². The number of carbonyl (C=O) groups excluding carboxylic acids is 1. The molecule has 0 aromatic carbocycles. The van der Waals surface area contributed by atoms with Gasteiger partial charge in [-0.15, -0.1) is 6.58 Å². The van der Waals surface area contributed by atoms with Crippen LogP contribution >= 0.6 is 0 Å². The van der Waals surface area contributed by atoms with Gasteiger partial charge >= 0.3 is 5.97 Å². The number of hydrogen-bond acceptors (Lipinski definition) is 2. The molecule has 2 N–H and O–H groups in total. The number of allylic oxidation sites excluding steroid dienone is 2. The molecule has 4 heteroatoms. The van der Waals surface area contributed by atoms with Crippen molar-refractivity contribution in [2.24, 2.45) is 23.7 Å². The number of aliphatic carboxylic acids is 1. The van der Waals surface area contributed by atoms with Gasteiger partial charge in [-0.05, 0) is 18.3 Å². The smallest absolute Gasteiger partial charge is 0.307 e. The summed E-state index contributed by atoms with van der Waals surface area (Å²) in [5, 5.41) is 11.8. The fourth-order valence-electron chi connectivity index (χ4n) is 2.81. The highest BCUT2D eigenvalue weighted by molar-refractivity contribution is 5.86. The van der Waals surface area contributed by atoms with E-state index in [1.54, 1.807) is 6.08 Å². The first kappa shape index (κ1) is 10.9. The number of carbonyl (C=O) groups is 2. The van der Waals surface area contributed by atoms with Crippen LogP contribution in [0, 0.1) is 23.7 Å². The van der Waals surface area contributed by atoms with E-state index in [2.05, 4.69) is 11.9 Å². The van der Waals surface area contributed by atoms with Crippen molar-refractivity contribution in [3.63, 3.8) is 0 Å². The molecule has 1 saturated carbocycles. The Bertz CT molecular complexity index is 361. The average Bonchev–Trinajstić information content (AvgIpc) is 2.84. The van der Waals surface area contributed by atoms with Crippen molar-refractivity contribution in [2.45, 2.75) is 6.42 Å². The summed E-state index contributed by atoms with van der Waals surface area (Å²) in [4.78, 5) is 23.0. The fourth-order valence-corrected chi connectivity index (χ4v) is 2.81. The Hall–Kier alpha value is -1.58. The quantitative estimate of drug-likeness (QED) is 0.690. The molecule has 2 aliphatic carbocycles. The Morgan fingerprint density at radius 3 is 2.56 bits per heavy atom. The van der Waals surface area contributed by atoms with Crippen molar-refractivity contribution in [3.05, 3.63) is 24.8 Å². The van der Waals surface area contributed by atoms with Crippen molar-refractivity contribution in [2.75, 3.05) is 6.54 Å². The molecule has 0 saturated heterocycles. The summed E-state index contributed by atoms with van der Waals surface area (Å²) in [5.41, 5.74) is 0. The molecule has 4 nitrogen and oxygen atoms in total. The first-order valence-electron chi connectivity index (χ1n) is 5.45. The lowest BCUT2D eigenvalue weighted by atomic mass is 9.82. The van der Waals surface area contributed by atoms with E-state index in [9.17, 15) is 9.59 Å². The summed E-state index contributed by atoms with van der Waals surface area (Å²) >= 11 is 0. The maximum Gasteiger partial charge on any atom is 0.307 e. The first-order valence-corrected chi connectivity index (χ1v) is 5.45. The topological polar surface area (TPSA) is 66.4 Å². The van der Waals surface area contributed by atoms with Crippen molar-refractivity contribution in [3.8, 4) is 0 Å². The minimum atomic E-state index is -0.865. The van der Waals surface area contributed by atoms with Gasteiger partial charge in [0.1, 0.15) is 0 Å². The molecule has 2 aliphatic rings. The van der Waals surface area contributed by atoms with Gasteiger partial charge in [-0.2, -0.15) is 0 Å². The zero-order chi connectivity index (χ0) is 11.7. The van der Waals surface area contributed by atoms with Crippen LogP contribution in [0.2, 0.25) is 0 Å². The van der Waals surface area contributed by atoms with Crippen LogP contribution in [-0.2, 0) is 9.59 Å². The van der Waals surface area contributed by atoms with Gasteiger partial charge < -0.3 is 10.4 Å². The summed E-state index contributed by atoms with van der Waals surface area (Å²) in [6, 6.07) is 0. The van der Waals surface area contributed by atoms with Gasteiger partial charge in [-0.25, -0.2) is 0 Å². The predicted octanol–water partition coefficient (Wildman–Crippen LogP) is 0.811. The molecule has 0 radical (unpaired) electrons. The molecule has 1 fully saturated rings. The van der Waals surface area contributed by atoms with Crippen LogP contribution in [0.3, 0.4) is 0 Å². The molecule has 2 bridgehead atoms. The fraction of sp³-hybridized carbons (Fsp3) is 0.500. The zero-order valence-corrected chi connectivity index (χ0v) is 8.93. The summed E-state index contributed by atoms with van der Waals surface area (Å²) in [6.07, 6.45) is 6.29. The molecule has 1 amide bonds. The number of carboxylic acid groups (broad SMARTS) is 1. The SMILES string of the molecule is C=CCNC(=O)[C@H]1[C@H](C(=O)O)[C@@H]2C=C[C@@H]1C2. The maximum absolute atomic E-state index is 11.9. The molecule has 86 valence electrons. The third kappa shape index (κ3) is 1.64. The highest BCUT2D eigenvalue weighted by atomic mass is 16.4. The second kappa shape index (κ2) is 4.12. The van der Waals surface area contributed by atoms with Gasteiger partial charge in [0.15, 0.2) is 0 Å². The Kier molecular flexibility index (Phi) is 2.81. The van der Waals surface area contributed by atoms with Crippen LogP contribution in [0.1, 0.15) is 6.42 Å². The first-order chi connectivity index (χ1) is 7.65. The molecule has 0 aromatic heterocycles. The Labute approximate surface area is 94.0 Å². The second-order valence-electron chi connectivity index (χ2n) is 4.37. The van der Waals surface area contributed by atoms with E-state index in [0.717, 1.165) is 6.42 Å². The third-order valence-electron chi connectivity index (χ3n) is 3.47. The van der Waals surface area contributed by atoms with Crippen molar-refractivity contribution in [1.29, 1.82) is 0 Å². The van der Waals surface area contributed by atoms with Crippen LogP contribution in [0.5, 0.6) is 0 Å². The largest absolute Gasteiger partial charge is 0.481 e. The van der Waals surface area contributed by atoms with Crippen LogP contribution in [0.25, 0.3) is 0 Å². The maximum atomic E-state index is 11.9. The van der Waals surface area contributed by atoms with Crippen molar-refractivity contribution < 1.29 is 14.7 Å². The van der Waals surface area contributed by atoms with Gasteiger partial charge in [0, 0.05) is 6.54 Å². The average molecular weight is 221 g/mol. The van der Waals surface area contributed by atoms with E-state index in [0.29, 0.717) is 6.54 Å². The van der Waals surface area contributed by atoms with E-state index >= 15 is 0 Å². The molecule has 16 heavy (non-hydrogen) atoms. The number of amides is 1. The molecule has 0 aromatic rings. The molecule has 0 heterocycles. The Morgan fingerprint density at radius 2 is 2.00 bits per heavy atom. The van der Waals surface area contributed by atoms with Crippen LogP contribution in [0.15, 0.2) is 24.8 Å². The minimum absolute atomic E-state index is 0.0296. The molecule has 2 rings (SSSR count). The van der Waals surface area contributed by atoms with Gasteiger partial charge in [0.2, 0.25) is 5.91 Å².